The van der Waals surface area contributed by atoms with Crippen LogP contribution in [0.5, 0.6) is 0 Å². The first-order chi connectivity index (χ1) is 24.1. The van der Waals surface area contributed by atoms with Crippen LogP contribution in [0.15, 0.2) is 72.8 Å². The molecule has 11 heteroatoms. The lowest BCUT2D eigenvalue weighted by Crippen LogP contribution is -2.49. The molecule has 0 saturated carbocycles. The summed E-state index contributed by atoms with van der Waals surface area (Å²) in [5.41, 5.74) is 7.26. The van der Waals surface area contributed by atoms with E-state index in [0.29, 0.717) is 6.54 Å². The number of aliphatic hydroxyl groups is 1. The van der Waals surface area contributed by atoms with E-state index in [2.05, 4.69) is 111 Å². The zero-order valence-electron chi connectivity index (χ0n) is 30.8. The van der Waals surface area contributed by atoms with Gasteiger partial charge in [0.05, 0.1) is 6.61 Å². The number of halogens is 1. The zero-order chi connectivity index (χ0) is 36.6. The third-order valence-electron chi connectivity index (χ3n) is 8.16. The van der Waals surface area contributed by atoms with Crippen molar-refractivity contribution in [3.05, 3.63) is 89.5 Å². The van der Waals surface area contributed by atoms with E-state index in [4.69, 9.17) is 5.11 Å². The second-order valence-corrected chi connectivity index (χ2v) is 13.2. The highest BCUT2D eigenvalue weighted by molar-refractivity contribution is 9.09. The van der Waals surface area contributed by atoms with Crippen molar-refractivity contribution in [2.24, 2.45) is 0 Å². The molecule has 276 valence electrons. The topological polar surface area (TPSA) is 112 Å². The van der Waals surface area contributed by atoms with Crippen LogP contribution >= 0.6 is 15.9 Å². The molecule has 0 aliphatic carbocycles. The molecular weight excluding hydrogens is 694 g/mol. The smallest absolute Gasteiger partial charge is 0.219 e. The Bertz CT molecular complexity index is 1280. The molecule has 50 heavy (non-hydrogen) atoms. The summed E-state index contributed by atoms with van der Waals surface area (Å²) in [5, 5.41) is 22.5. The van der Waals surface area contributed by atoms with E-state index >= 15 is 0 Å². The van der Waals surface area contributed by atoms with E-state index in [9.17, 15) is 9.59 Å². The van der Waals surface area contributed by atoms with Crippen molar-refractivity contribution in [1.82, 2.24) is 20.0 Å². The van der Waals surface area contributed by atoms with E-state index in [1.807, 2.05) is 34.1 Å². The minimum absolute atomic E-state index is 0.174. The summed E-state index contributed by atoms with van der Waals surface area (Å²) < 4.78 is 0. The molecule has 0 aromatic heterocycles. The summed E-state index contributed by atoms with van der Waals surface area (Å²) in [6.45, 7) is 20.6. The van der Waals surface area contributed by atoms with Crippen LogP contribution in [-0.2, 0) is 9.59 Å². The first-order valence-electron chi connectivity index (χ1n) is 17.6. The maximum atomic E-state index is 11.2. The number of nitrogens with zero attached hydrogens (tertiary/aromatic N) is 3. The van der Waals surface area contributed by atoms with Gasteiger partial charge in [0.25, 0.3) is 0 Å². The molecule has 3 aromatic carbocycles. The standard InChI is InChI=1S/C15H23N3O.C9H12BrN.C9H13NO.C6H12N2O/c1-13-3-5-15(6-4-13)16-7-8-17-9-11-18(12-10-17)14(2)19;1-8-2-4-9(5-3-8)11-7-6-10;1-8-2-4-9(5-3-8)10-6-7-11;1-6(9)8-4-2-7-3-5-8/h3-6,16H,7-12H2,1-2H3;2-5,11H,6-7H2,1H3;2-5,10-11H,6-7H2,1H3;7H,2-5H2,1H3. The van der Waals surface area contributed by atoms with Crippen LogP contribution in [0.25, 0.3) is 0 Å². The quantitative estimate of drug-likeness (QED) is 0.180. The maximum Gasteiger partial charge on any atom is 0.219 e. The van der Waals surface area contributed by atoms with E-state index < -0.39 is 0 Å². The number of alkyl halides is 1. The van der Waals surface area contributed by atoms with Crippen LogP contribution < -0.4 is 21.3 Å². The third-order valence-corrected chi connectivity index (χ3v) is 8.55. The van der Waals surface area contributed by atoms with E-state index in [0.717, 1.165) is 83.0 Å². The lowest BCUT2D eigenvalue weighted by Gasteiger charge is -2.34. The highest BCUT2D eigenvalue weighted by Crippen LogP contribution is 2.10. The van der Waals surface area contributed by atoms with Gasteiger partial charge in [-0.3, -0.25) is 14.5 Å². The number of anilines is 3. The summed E-state index contributed by atoms with van der Waals surface area (Å²) in [6, 6.07) is 25.0. The van der Waals surface area contributed by atoms with Crippen molar-refractivity contribution in [3.63, 3.8) is 0 Å². The van der Waals surface area contributed by atoms with Gasteiger partial charge in [0, 0.05) is 115 Å². The lowest BCUT2D eigenvalue weighted by molar-refractivity contribution is -0.130. The summed E-state index contributed by atoms with van der Waals surface area (Å²) in [4.78, 5) is 28.1. The number of aryl methyl sites for hydroxylation is 3. The van der Waals surface area contributed by atoms with Crippen molar-refractivity contribution >= 4 is 44.8 Å². The predicted molar refractivity (Wildman–Crippen MR) is 214 cm³/mol. The van der Waals surface area contributed by atoms with E-state index in [1.54, 1.807) is 13.8 Å². The number of nitrogens with one attached hydrogen (secondary N) is 4. The first kappa shape index (κ1) is 42.5. The average Bonchev–Trinajstić information content (AvgIpc) is 3.13. The van der Waals surface area contributed by atoms with Gasteiger partial charge in [-0.15, -0.1) is 0 Å². The van der Waals surface area contributed by atoms with Gasteiger partial charge in [0.15, 0.2) is 0 Å². The number of amides is 2. The van der Waals surface area contributed by atoms with Crippen LogP contribution in [0.2, 0.25) is 0 Å². The number of aliphatic hydroxyl groups excluding tert-OH is 1. The predicted octanol–water partition coefficient (Wildman–Crippen LogP) is 5.21. The molecule has 2 aliphatic heterocycles. The van der Waals surface area contributed by atoms with Gasteiger partial charge in [-0.25, -0.2) is 0 Å². The SMILES string of the molecule is CC(=O)N1CCN(CCNc2ccc(C)cc2)CC1.CC(=O)N1CCNCC1.Cc1ccc(NCCBr)cc1.Cc1ccc(NCCO)cc1. The van der Waals surface area contributed by atoms with E-state index in [-0.39, 0.29) is 18.4 Å². The number of carbonyl (C=O) groups is 2. The largest absolute Gasteiger partial charge is 0.395 e. The summed E-state index contributed by atoms with van der Waals surface area (Å²) in [6.07, 6.45) is 0. The molecule has 10 nitrogen and oxygen atoms in total. The van der Waals surface area contributed by atoms with Gasteiger partial charge in [0.2, 0.25) is 11.8 Å². The normalized spacial score (nSPS) is 14.1. The molecule has 0 radical (unpaired) electrons. The van der Waals surface area contributed by atoms with Crippen molar-refractivity contribution in [1.29, 1.82) is 0 Å². The van der Waals surface area contributed by atoms with E-state index in [1.165, 1.54) is 28.1 Å². The minimum atomic E-state index is 0.174. The Morgan fingerprint density at radius 3 is 1.36 bits per heavy atom. The maximum absolute atomic E-state index is 11.2. The van der Waals surface area contributed by atoms with Gasteiger partial charge >= 0.3 is 0 Å². The fourth-order valence-corrected chi connectivity index (χ4v) is 5.23. The molecular formula is C39H60BrN7O3. The number of benzene rings is 3. The van der Waals surface area contributed by atoms with Crippen LogP contribution in [-0.4, -0.2) is 122 Å². The molecule has 2 heterocycles. The Kier molecular flexibility index (Phi) is 21.5. The summed E-state index contributed by atoms with van der Waals surface area (Å²) in [7, 11) is 0. The molecule has 2 fully saturated rings. The Morgan fingerprint density at radius 2 is 1.00 bits per heavy atom. The second kappa shape index (κ2) is 25.3. The van der Waals surface area contributed by atoms with Crippen molar-refractivity contribution in [2.45, 2.75) is 34.6 Å². The molecule has 5 rings (SSSR count). The van der Waals surface area contributed by atoms with Gasteiger partial charge < -0.3 is 36.2 Å². The molecule has 0 spiro atoms. The minimum Gasteiger partial charge on any atom is -0.395 e. The van der Waals surface area contributed by atoms with Gasteiger partial charge in [-0.2, -0.15) is 0 Å². The summed E-state index contributed by atoms with van der Waals surface area (Å²) >= 11 is 3.36. The fraction of sp³-hybridized carbons (Fsp3) is 0.487. The number of hydrogen-bond donors (Lipinski definition) is 5. The number of hydrogen-bond acceptors (Lipinski definition) is 8. The first-order valence-corrected chi connectivity index (χ1v) is 18.8. The highest BCUT2D eigenvalue weighted by Gasteiger charge is 2.17. The monoisotopic (exact) mass is 753 g/mol. The number of carbonyl (C=O) groups excluding carboxylic acids is 2. The Labute approximate surface area is 309 Å². The molecule has 2 saturated heterocycles. The highest BCUT2D eigenvalue weighted by atomic mass is 79.9. The van der Waals surface area contributed by atoms with Gasteiger partial charge in [-0.1, -0.05) is 69.0 Å². The van der Waals surface area contributed by atoms with Crippen molar-refractivity contribution in [2.75, 3.05) is 106 Å². The molecule has 0 atom stereocenters. The lowest BCUT2D eigenvalue weighted by atomic mass is 10.2. The van der Waals surface area contributed by atoms with Crippen molar-refractivity contribution < 1.29 is 14.7 Å². The molecule has 5 N–H and O–H groups in total. The van der Waals surface area contributed by atoms with Gasteiger partial charge in [0.1, 0.15) is 0 Å². The zero-order valence-corrected chi connectivity index (χ0v) is 32.4. The third kappa shape index (κ3) is 18.9. The molecule has 2 aliphatic rings. The molecule has 0 unspecified atom stereocenters. The van der Waals surface area contributed by atoms with Gasteiger partial charge in [-0.05, 0) is 57.2 Å². The molecule has 0 bridgehead atoms. The van der Waals surface area contributed by atoms with Crippen LogP contribution in [0.4, 0.5) is 17.1 Å². The fourth-order valence-electron chi connectivity index (χ4n) is 5.03. The van der Waals surface area contributed by atoms with Crippen molar-refractivity contribution in [3.8, 4) is 0 Å². The van der Waals surface area contributed by atoms with Crippen LogP contribution in [0.1, 0.15) is 30.5 Å². The Hall–Kier alpha value is -3.64. The summed E-state index contributed by atoms with van der Waals surface area (Å²) in [5.74, 6) is 0.383. The molecule has 2 amide bonds. The average molecular weight is 755 g/mol. The molecule has 3 aromatic rings. The van der Waals surface area contributed by atoms with Crippen LogP contribution in [0, 0.1) is 20.8 Å². The number of piperazine rings is 2. The van der Waals surface area contributed by atoms with Crippen LogP contribution in [0.3, 0.4) is 0 Å². The Morgan fingerprint density at radius 1 is 0.620 bits per heavy atom. The number of rotatable bonds is 10. The second-order valence-electron chi connectivity index (χ2n) is 12.4. The Balaban J connectivity index is 0.000000243.